The van der Waals surface area contributed by atoms with E-state index in [0.29, 0.717) is 12.1 Å². The van der Waals surface area contributed by atoms with Crippen LogP contribution in [-0.2, 0) is 6.42 Å². The van der Waals surface area contributed by atoms with E-state index < -0.39 is 0 Å². The fraction of sp³-hybridized carbons (Fsp3) is 0.500. The van der Waals surface area contributed by atoms with Crippen molar-refractivity contribution in [3.05, 3.63) is 30.0 Å². The molecule has 2 aliphatic rings. The number of ether oxygens (including phenoxy) is 1. The third-order valence-electron chi connectivity index (χ3n) is 5.22. The van der Waals surface area contributed by atoms with Crippen LogP contribution in [0.25, 0.3) is 11.3 Å². The van der Waals surface area contributed by atoms with E-state index in [1.807, 2.05) is 6.07 Å². The van der Waals surface area contributed by atoms with Crippen molar-refractivity contribution in [2.45, 2.75) is 51.2 Å². The number of hydrogen-bond donors (Lipinski definition) is 1. The minimum atomic E-state index is 0.387. The molecule has 4 heteroatoms. The van der Waals surface area contributed by atoms with Crippen molar-refractivity contribution in [1.82, 2.24) is 10.2 Å². The minimum absolute atomic E-state index is 0.387. The summed E-state index contributed by atoms with van der Waals surface area (Å²) in [4.78, 5) is 2.38. The quantitative estimate of drug-likeness (QED) is 0.937. The number of hydrogen-bond acceptors (Lipinski definition) is 3. The van der Waals surface area contributed by atoms with Crippen LogP contribution >= 0.6 is 0 Å². The number of nitrogens with zero attached hydrogens (tertiary/aromatic N) is 2. The van der Waals surface area contributed by atoms with E-state index in [4.69, 9.17) is 4.74 Å². The van der Waals surface area contributed by atoms with E-state index in [1.54, 1.807) is 6.20 Å². The molecule has 1 atom stereocenters. The van der Waals surface area contributed by atoms with Crippen molar-refractivity contribution in [2.24, 2.45) is 0 Å². The molecule has 0 amide bonds. The van der Waals surface area contributed by atoms with Crippen LogP contribution in [0.4, 0.5) is 5.69 Å². The Labute approximate surface area is 131 Å². The first-order valence-electron chi connectivity index (χ1n) is 8.29. The Morgan fingerprint density at radius 2 is 2.09 bits per heavy atom. The molecule has 1 saturated carbocycles. The Bertz CT molecular complexity index is 661. The smallest absolute Gasteiger partial charge is 0.134 e. The molecular formula is C18H23N3O. The zero-order chi connectivity index (χ0) is 15.1. The number of fused-ring (bicyclic) bond motifs is 1. The Morgan fingerprint density at radius 3 is 2.77 bits per heavy atom. The number of H-pyrrole nitrogens is 1. The molecule has 0 saturated heterocycles. The van der Waals surface area contributed by atoms with E-state index in [2.05, 4.69) is 41.2 Å². The second kappa shape index (κ2) is 5.34. The van der Waals surface area contributed by atoms with Gasteiger partial charge in [0.05, 0.1) is 11.8 Å². The molecule has 1 unspecified atom stereocenters. The summed E-state index contributed by atoms with van der Waals surface area (Å²) < 4.78 is 6.41. The first-order chi connectivity index (χ1) is 10.7. The van der Waals surface area contributed by atoms with Crippen molar-refractivity contribution in [3.8, 4) is 17.0 Å². The number of aromatic nitrogens is 2. The minimum Gasteiger partial charge on any atom is -0.489 e. The zero-order valence-corrected chi connectivity index (χ0v) is 13.3. The van der Waals surface area contributed by atoms with E-state index >= 15 is 0 Å². The number of nitrogens with one attached hydrogen (secondary N) is 1. The van der Waals surface area contributed by atoms with Crippen LogP contribution in [0.5, 0.6) is 5.75 Å². The van der Waals surface area contributed by atoms with Crippen molar-refractivity contribution in [3.63, 3.8) is 0 Å². The predicted molar refractivity (Wildman–Crippen MR) is 88.5 cm³/mol. The van der Waals surface area contributed by atoms with Gasteiger partial charge in [-0.25, -0.2) is 0 Å². The lowest BCUT2D eigenvalue weighted by Crippen LogP contribution is -2.34. The number of anilines is 1. The fourth-order valence-corrected chi connectivity index (χ4v) is 3.38. The summed E-state index contributed by atoms with van der Waals surface area (Å²) in [5, 5.41) is 7.19. The van der Waals surface area contributed by atoms with Gasteiger partial charge in [0.1, 0.15) is 5.75 Å². The zero-order valence-electron chi connectivity index (χ0n) is 13.3. The largest absolute Gasteiger partial charge is 0.489 e. The van der Waals surface area contributed by atoms with E-state index in [0.717, 1.165) is 23.4 Å². The van der Waals surface area contributed by atoms with Gasteiger partial charge in [0.25, 0.3) is 0 Å². The summed E-state index contributed by atoms with van der Waals surface area (Å²) in [6.07, 6.45) is 8.10. The van der Waals surface area contributed by atoms with Crippen LogP contribution in [0, 0.1) is 0 Å². The molecule has 0 radical (unpaired) electrons. The standard InChI is InChI=1S/C18H23N3O/c1-12-6-7-15-17(21(12)2)9-8-14(16-10-11-19-20-16)18(15)22-13-4-3-5-13/h8-13H,3-7H2,1-2H3,(H,19,20). The first-order valence-corrected chi connectivity index (χ1v) is 8.29. The van der Waals surface area contributed by atoms with Gasteiger partial charge in [-0.2, -0.15) is 5.10 Å². The Kier molecular flexibility index (Phi) is 3.32. The van der Waals surface area contributed by atoms with Crippen molar-refractivity contribution in [2.75, 3.05) is 11.9 Å². The van der Waals surface area contributed by atoms with Crippen molar-refractivity contribution in [1.29, 1.82) is 0 Å². The van der Waals surface area contributed by atoms with Crippen LogP contribution in [0.1, 0.15) is 38.2 Å². The maximum Gasteiger partial charge on any atom is 0.134 e. The third kappa shape index (κ3) is 2.18. The van der Waals surface area contributed by atoms with Crippen LogP contribution in [-0.4, -0.2) is 29.4 Å². The summed E-state index contributed by atoms with van der Waals surface area (Å²) in [5.41, 5.74) is 4.86. The van der Waals surface area contributed by atoms with Crippen LogP contribution in [0.15, 0.2) is 24.4 Å². The molecule has 1 aromatic carbocycles. The lowest BCUT2D eigenvalue weighted by molar-refractivity contribution is 0.119. The highest BCUT2D eigenvalue weighted by Crippen LogP contribution is 2.43. The summed E-state index contributed by atoms with van der Waals surface area (Å²) in [7, 11) is 2.19. The van der Waals surface area contributed by atoms with Gasteiger partial charge in [0.15, 0.2) is 0 Å². The highest BCUT2D eigenvalue weighted by molar-refractivity contribution is 5.76. The van der Waals surface area contributed by atoms with Gasteiger partial charge >= 0.3 is 0 Å². The molecule has 0 spiro atoms. The summed E-state index contributed by atoms with van der Waals surface area (Å²) in [5.74, 6) is 1.07. The molecule has 2 aromatic rings. The van der Waals surface area contributed by atoms with Crippen LogP contribution in [0.3, 0.4) is 0 Å². The number of aromatic amines is 1. The normalized spacial score (nSPS) is 21.4. The fourth-order valence-electron chi connectivity index (χ4n) is 3.38. The van der Waals surface area contributed by atoms with E-state index in [-0.39, 0.29) is 0 Å². The monoisotopic (exact) mass is 297 g/mol. The Hall–Kier alpha value is -1.97. The molecule has 1 aliphatic heterocycles. The average Bonchev–Trinajstić information content (AvgIpc) is 3.00. The van der Waals surface area contributed by atoms with Gasteiger partial charge < -0.3 is 9.64 Å². The van der Waals surface area contributed by atoms with Crippen molar-refractivity contribution < 1.29 is 4.74 Å². The maximum absolute atomic E-state index is 6.41. The number of benzene rings is 1. The van der Waals surface area contributed by atoms with Crippen LogP contribution < -0.4 is 9.64 Å². The first kappa shape index (κ1) is 13.7. The molecule has 4 rings (SSSR count). The second-order valence-corrected chi connectivity index (χ2v) is 6.58. The summed E-state index contributed by atoms with van der Waals surface area (Å²) in [6, 6.07) is 7.01. The van der Waals surface area contributed by atoms with Gasteiger partial charge in [-0.05, 0) is 57.2 Å². The third-order valence-corrected chi connectivity index (χ3v) is 5.22. The van der Waals surface area contributed by atoms with E-state index in [9.17, 15) is 0 Å². The summed E-state index contributed by atoms with van der Waals surface area (Å²) >= 11 is 0. The number of rotatable bonds is 3. The molecule has 116 valence electrons. The molecule has 22 heavy (non-hydrogen) atoms. The SMILES string of the molecule is CC1CCc2c(ccc(-c3ccn[nH]3)c2OC2CCC2)N1C. The maximum atomic E-state index is 6.41. The van der Waals surface area contributed by atoms with E-state index in [1.165, 1.54) is 36.9 Å². The Balaban J connectivity index is 1.82. The molecular weight excluding hydrogens is 274 g/mol. The predicted octanol–water partition coefficient (Wildman–Crippen LogP) is 3.78. The van der Waals surface area contributed by atoms with Gasteiger partial charge in [-0.1, -0.05) is 0 Å². The average molecular weight is 297 g/mol. The van der Waals surface area contributed by atoms with Crippen LogP contribution in [0.2, 0.25) is 0 Å². The Morgan fingerprint density at radius 1 is 1.23 bits per heavy atom. The van der Waals surface area contributed by atoms with Gasteiger partial charge in [0, 0.05) is 36.1 Å². The van der Waals surface area contributed by atoms with Gasteiger partial charge in [-0.15, -0.1) is 0 Å². The molecule has 1 aromatic heterocycles. The summed E-state index contributed by atoms with van der Waals surface area (Å²) in [6.45, 7) is 2.29. The molecule has 1 fully saturated rings. The van der Waals surface area contributed by atoms with Crippen molar-refractivity contribution >= 4 is 5.69 Å². The molecule has 2 heterocycles. The highest BCUT2D eigenvalue weighted by atomic mass is 16.5. The lowest BCUT2D eigenvalue weighted by atomic mass is 9.92. The van der Waals surface area contributed by atoms with Gasteiger partial charge in [0.2, 0.25) is 0 Å². The highest BCUT2D eigenvalue weighted by Gasteiger charge is 2.28. The molecule has 0 bridgehead atoms. The lowest BCUT2D eigenvalue weighted by Gasteiger charge is -2.36. The molecule has 4 nitrogen and oxygen atoms in total. The molecule has 1 N–H and O–H groups in total. The topological polar surface area (TPSA) is 41.1 Å². The van der Waals surface area contributed by atoms with Gasteiger partial charge in [-0.3, -0.25) is 5.10 Å². The molecule has 1 aliphatic carbocycles. The second-order valence-electron chi connectivity index (χ2n) is 6.58.